The lowest BCUT2D eigenvalue weighted by atomic mass is 10.0. The van der Waals surface area contributed by atoms with Crippen LogP contribution in [-0.2, 0) is 9.47 Å². The van der Waals surface area contributed by atoms with E-state index < -0.39 is 0 Å². The summed E-state index contributed by atoms with van der Waals surface area (Å²) in [5, 5.41) is 0. The fraction of sp³-hybridized carbons (Fsp3) is 0.724. The lowest BCUT2D eigenvalue weighted by Crippen LogP contribution is -2.22. The molecule has 0 aliphatic rings. The Morgan fingerprint density at radius 3 is 1.52 bits per heavy atom. The van der Waals surface area contributed by atoms with Crippen LogP contribution < -0.4 is 0 Å². The molecule has 0 fully saturated rings. The largest absolute Gasteiger partial charge is 0.462 e. The molecule has 1 atom stereocenters. The Balaban J connectivity index is 2.10. The molecule has 0 amide bonds. The predicted molar refractivity (Wildman–Crippen MR) is 137 cm³/mol. The number of hydrogen-bond donors (Lipinski definition) is 0. The molecule has 4 heteroatoms. The van der Waals surface area contributed by atoms with E-state index >= 15 is 0 Å². The van der Waals surface area contributed by atoms with Crippen molar-refractivity contribution in [3.05, 3.63) is 35.4 Å². The second-order valence-corrected chi connectivity index (χ2v) is 9.55. The summed E-state index contributed by atoms with van der Waals surface area (Å²) >= 11 is 0. The predicted octanol–water partition coefficient (Wildman–Crippen LogP) is 8.53. The minimum atomic E-state index is -0.345. The molecule has 1 aromatic rings. The van der Waals surface area contributed by atoms with E-state index in [1.807, 2.05) is 20.8 Å². The maximum absolute atomic E-state index is 12.3. The summed E-state index contributed by atoms with van der Waals surface area (Å²) in [6.07, 6.45) is 17.5. The van der Waals surface area contributed by atoms with E-state index in [0.717, 1.165) is 19.3 Å². The molecule has 0 radical (unpaired) electrons. The Kier molecular flexibility index (Phi) is 16.4. The van der Waals surface area contributed by atoms with E-state index in [9.17, 15) is 9.59 Å². The van der Waals surface area contributed by atoms with E-state index in [0.29, 0.717) is 17.7 Å². The van der Waals surface area contributed by atoms with Gasteiger partial charge in [-0.1, -0.05) is 105 Å². The number of carbonyl (C=O) groups excluding carboxylic acids is 2. The molecule has 0 heterocycles. The molecule has 0 bridgehead atoms. The van der Waals surface area contributed by atoms with Gasteiger partial charge in [-0.15, -0.1) is 0 Å². The van der Waals surface area contributed by atoms with Crippen molar-refractivity contribution in [2.24, 2.45) is 5.92 Å². The summed E-state index contributed by atoms with van der Waals surface area (Å²) in [4.78, 5) is 24.5. The van der Waals surface area contributed by atoms with Crippen LogP contribution in [0.2, 0.25) is 0 Å². The van der Waals surface area contributed by atoms with E-state index in [1.54, 1.807) is 24.3 Å². The fourth-order valence-electron chi connectivity index (χ4n) is 4.01. The molecule has 1 unspecified atom stereocenters. The molecule has 0 spiro atoms. The first kappa shape index (κ1) is 29.2. The summed E-state index contributed by atoms with van der Waals surface area (Å²) in [6, 6.07) is 6.55. The van der Waals surface area contributed by atoms with Crippen LogP contribution >= 0.6 is 0 Å². The molecule has 0 aliphatic heterocycles. The maximum Gasteiger partial charge on any atom is 0.338 e. The molecule has 4 nitrogen and oxygen atoms in total. The molecule has 0 saturated carbocycles. The van der Waals surface area contributed by atoms with E-state index in [4.69, 9.17) is 9.47 Å². The van der Waals surface area contributed by atoms with Crippen LogP contribution in [0, 0.1) is 5.92 Å². The van der Waals surface area contributed by atoms with Crippen LogP contribution in [-0.4, -0.2) is 24.6 Å². The first-order valence-corrected chi connectivity index (χ1v) is 13.5. The number of hydrogen-bond acceptors (Lipinski definition) is 4. The first-order chi connectivity index (χ1) is 16.0. The van der Waals surface area contributed by atoms with Gasteiger partial charge in [0, 0.05) is 0 Å². The van der Waals surface area contributed by atoms with Crippen molar-refractivity contribution >= 4 is 11.9 Å². The number of carbonyl (C=O) groups is 2. The Morgan fingerprint density at radius 1 is 0.667 bits per heavy atom. The van der Waals surface area contributed by atoms with Gasteiger partial charge < -0.3 is 9.47 Å². The molecule has 0 N–H and O–H groups in total. The number of esters is 2. The van der Waals surface area contributed by atoms with Gasteiger partial charge in [0.25, 0.3) is 0 Å². The zero-order chi connectivity index (χ0) is 24.3. The molecule has 0 saturated heterocycles. The van der Waals surface area contributed by atoms with Gasteiger partial charge in [-0.2, -0.15) is 0 Å². The van der Waals surface area contributed by atoms with Crippen LogP contribution in [0.25, 0.3) is 0 Å². The van der Waals surface area contributed by atoms with Gasteiger partial charge in [-0.05, 0) is 43.0 Å². The van der Waals surface area contributed by atoms with Crippen molar-refractivity contribution in [3.63, 3.8) is 0 Å². The average molecular weight is 461 g/mol. The van der Waals surface area contributed by atoms with Crippen molar-refractivity contribution in [3.8, 4) is 0 Å². The Hall–Kier alpha value is -1.84. The summed E-state index contributed by atoms with van der Waals surface area (Å²) in [6.45, 7) is 8.80. The smallest absolute Gasteiger partial charge is 0.338 e. The van der Waals surface area contributed by atoms with Gasteiger partial charge in [0.2, 0.25) is 0 Å². The van der Waals surface area contributed by atoms with Crippen LogP contribution in [0.4, 0.5) is 0 Å². The van der Waals surface area contributed by atoms with Gasteiger partial charge in [0.15, 0.2) is 0 Å². The van der Waals surface area contributed by atoms with Crippen LogP contribution in [0.15, 0.2) is 24.3 Å². The third kappa shape index (κ3) is 13.5. The highest BCUT2D eigenvalue weighted by Crippen LogP contribution is 2.15. The molecule has 1 rings (SSSR count). The SMILES string of the molecule is CCCCCCCCCCCCCCCOC(=O)c1ccc(C(=O)OC(CC)C(C)C)cc1. The number of benzene rings is 1. The van der Waals surface area contributed by atoms with Gasteiger partial charge in [-0.3, -0.25) is 0 Å². The zero-order valence-corrected chi connectivity index (χ0v) is 21.7. The van der Waals surface area contributed by atoms with E-state index in [-0.39, 0.29) is 24.0 Å². The van der Waals surface area contributed by atoms with Crippen LogP contribution in [0.1, 0.15) is 138 Å². The fourth-order valence-corrected chi connectivity index (χ4v) is 4.01. The molecule has 1 aromatic carbocycles. The highest BCUT2D eigenvalue weighted by atomic mass is 16.5. The highest BCUT2D eigenvalue weighted by Gasteiger charge is 2.18. The summed E-state index contributed by atoms with van der Waals surface area (Å²) < 4.78 is 10.9. The molecular weight excluding hydrogens is 412 g/mol. The molecule has 188 valence electrons. The average Bonchev–Trinajstić information content (AvgIpc) is 2.82. The minimum absolute atomic E-state index is 0.0949. The minimum Gasteiger partial charge on any atom is -0.462 e. The van der Waals surface area contributed by atoms with Gasteiger partial charge in [0.05, 0.1) is 17.7 Å². The van der Waals surface area contributed by atoms with Crippen molar-refractivity contribution in [1.29, 1.82) is 0 Å². The molecule has 33 heavy (non-hydrogen) atoms. The van der Waals surface area contributed by atoms with Crippen molar-refractivity contribution in [2.45, 2.75) is 124 Å². The Morgan fingerprint density at radius 2 is 1.09 bits per heavy atom. The second kappa shape index (κ2) is 18.6. The standard InChI is InChI=1S/C29H48O4/c1-5-7-8-9-10-11-12-13-14-15-16-17-18-23-32-28(30)25-19-21-26(22-20-25)29(31)33-27(6-2)24(3)4/h19-22,24,27H,5-18,23H2,1-4H3. The lowest BCUT2D eigenvalue weighted by molar-refractivity contribution is 0.0173. The Labute approximate surface area is 202 Å². The van der Waals surface area contributed by atoms with E-state index in [2.05, 4.69) is 6.92 Å². The Bertz CT molecular complexity index is 636. The zero-order valence-electron chi connectivity index (χ0n) is 21.7. The maximum atomic E-state index is 12.3. The van der Waals surface area contributed by atoms with Gasteiger partial charge in [-0.25, -0.2) is 9.59 Å². The molecular formula is C29H48O4. The first-order valence-electron chi connectivity index (χ1n) is 13.5. The lowest BCUT2D eigenvalue weighted by Gasteiger charge is -2.19. The van der Waals surface area contributed by atoms with Crippen LogP contribution in [0.5, 0.6) is 0 Å². The monoisotopic (exact) mass is 460 g/mol. The molecule has 0 aliphatic carbocycles. The quantitative estimate of drug-likeness (QED) is 0.153. The third-order valence-electron chi connectivity index (χ3n) is 6.24. The van der Waals surface area contributed by atoms with Crippen LogP contribution in [0.3, 0.4) is 0 Å². The summed E-state index contributed by atoms with van der Waals surface area (Å²) in [5.74, 6) is -0.400. The van der Waals surface area contributed by atoms with Gasteiger partial charge in [0.1, 0.15) is 6.10 Å². The van der Waals surface area contributed by atoms with Crippen molar-refractivity contribution in [2.75, 3.05) is 6.61 Å². The van der Waals surface area contributed by atoms with Gasteiger partial charge >= 0.3 is 11.9 Å². The van der Waals surface area contributed by atoms with Crippen molar-refractivity contribution < 1.29 is 19.1 Å². The highest BCUT2D eigenvalue weighted by molar-refractivity contribution is 5.93. The number of unbranched alkanes of at least 4 members (excludes halogenated alkanes) is 12. The number of rotatable bonds is 19. The third-order valence-corrected chi connectivity index (χ3v) is 6.24. The van der Waals surface area contributed by atoms with E-state index in [1.165, 1.54) is 70.6 Å². The second-order valence-electron chi connectivity index (χ2n) is 9.55. The summed E-state index contributed by atoms with van der Waals surface area (Å²) in [7, 11) is 0. The molecule has 0 aromatic heterocycles. The van der Waals surface area contributed by atoms with Crippen molar-refractivity contribution in [1.82, 2.24) is 0 Å². The number of ether oxygens (including phenoxy) is 2. The topological polar surface area (TPSA) is 52.6 Å². The normalized spacial score (nSPS) is 12.0. The summed E-state index contributed by atoms with van der Waals surface area (Å²) in [5.41, 5.74) is 0.930.